The number of hydrogen-bond donors (Lipinski definition) is 2. The Labute approximate surface area is 112 Å². The van der Waals surface area contributed by atoms with Crippen LogP contribution in [0, 0.1) is 11.3 Å². The Balaban J connectivity index is 2.41. The number of aromatic nitrogens is 2. The zero-order valence-corrected chi connectivity index (χ0v) is 11.3. The summed E-state index contributed by atoms with van der Waals surface area (Å²) in [6.07, 6.45) is 1.33. The SMILES string of the molecule is N#Cc1ccc(Br)cc1NS(=O)(=O)c1ccn[nH]1. The molecule has 2 N–H and O–H groups in total. The van der Waals surface area contributed by atoms with Crippen molar-refractivity contribution >= 4 is 31.6 Å². The summed E-state index contributed by atoms with van der Waals surface area (Å²) in [7, 11) is -3.76. The van der Waals surface area contributed by atoms with Crippen LogP contribution in [0.15, 0.2) is 40.0 Å². The van der Waals surface area contributed by atoms with Gasteiger partial charge in [-0.1, -0.05) is 15.9 Å². The molecule has 6 nitrogen and oxygen atoms in total. The predicted molar refractivity (Wildman–Crippen MR) is 68.3 cm³/mol. The van der Waals surface area contributed by atoms with E-state index in [-0.39, 0.29) is 16.3 Å². The largest absolute Gasteiger partial charge is 0.278 e. The molecule has 0 amide bonds. The van der Waals surface area contributed by atoms with Crippen molar-refractivity contribution in [3.05, 3.63) is 40.5 Å². The van der Waals surface area contributed by atoms with E-state index < -0.39 is 10.0 Å². The van der Waals surface area contributed by atoms with Gasteiger partial charge in [0.15, 0.2) is 5.03 Å². The molecule has 0 bridgehead atoms. The predicted octanol–water partition coefficient (Wildman–Crippen LogP) is 1.84. The van der Waals surface area contributed by atoms with Crippen molar-refractivity contribution in [1.82, 2.24) is 10.2 Å². The fourth-order valence-electron chi connectivity index (χ4n) is 1.29. The summed E-state index contributed by atoms with van der Waals surface area (Å²) < 4.78 is 26.9. The van der Waals surface area contributed by atoms with Crippen molar-refractivity contribution < 1.29 is 8.42 Å². The Kier molecular flexibility index (Phi) is 3.36. The first-order chi connectivity index (χ1) is 8.53. The number of nitriles is 1. The van der Waals surface area contributed by atoms with Crippen molar-refractivity contribution in [2.45, 2.75) is 5.03 Å². The van der Waals surface area contributed by atoms with Gasteiger partial charge in [0, 0.05) is 4.47 Å². The molecule has 0 saturated carbocycles. The molecule has 0 aliphatic carbocycles. The lowest BCUT2D eigenvalue weighted by molar-refractivity contribution is 0.597. The fraction of sp³-hybridized carbons (Fsp3) is 0. The van der Waals surface area contributed by atoms with Crippen LogP contribution >= 0.6 is 15.9 Å². The second kappa shape index (κ2) is 4.80. The standard InChI is InChI=1S/C10H7BrN4O2S/c11-8-2-1-7(6-12)9(5-8)15-18(16,17)10-3-4-13-14-10/h1-5,15H,(H,13,14). The molecule has 0 fully saturated rings. The van der Waals surface area contributed by atoms with Crippen molar-refractivity contribution in [3.8, 4) is 6.07 Å². The Morgan fingerprint density at radius 3 is 2.78 bits per heavy atom. The van der Waals surface area contributed by atoms with Gasteiger partial charge >= 0.3 is 0 Å². The number of benzene rings is 1. The Bertz CT molecular complexity index is 704. The molecule has 18 heavy (non-hydrogen) atoms. The van der Waals surface area contributed by atoms with E-state index in [1.165, 1.54) is 24.4 Å². The van der Waals surface area contributed by atoms with Crippen LogP contribution in [0.4, 0.5) is 5.69 Å². The lowest BCUT2D eigenvalue weighted by Crippen LogP contribution is -2.14. The van der Waals surface area contributed by atoms with Crippen molar-refractivity contribution in [3.63, 3.8) is 0 Å². The summed E-state index contributed by atoms with van der Waals surface area (Å²) >= 11 is 3.22. The number of halogens is 1. The molecule has 8 heteroatoms. The van der Waals surface area contributed by atoms with Gasteiger partial charge in [-0.3, -0.25) is 9.82 Å². The van der Waals surface area contributed by atoms with Gasteiger partial charge < -0.3 is 0 Å². The molecule has 2 aromatic rings. The van der Waals surface area contributed by atoms with E-state index in [0.29, 0.717) is 4.47 Å². The molecule has 92 valence electrons. The molecule has 0 aliphatic rings. The molecule has 0 aliphatic heterocycles. The Hall–Kier alpha value is -1.85. The summed E-state index contributed by atoms with van der Waals surface area (Å²) in [5.74, 6) is 0. The van der Waals surface area contributed by atoms with Crippen LogP contribution in [0.3, 0.4) is 0 Å². The van der Waals surface area contributed by atoms with E-state index in [1.54, 1.807) is 6.07 Å². The first-order valence-electron chi connectivity index (χ1n) is 4.75. The molecule has 2 rings (SSSR count). The topological polar surface area (TPSA) is 98.6 Å². The van der Waals surface area contributed by atoms with E-state index in [2.05, 4.69) is 30.8 Å². The minimum absolute atomic E-state index is 0.0636. The van der Waals surface area contributed by atoms with Crippen LogP contribution in [-0.2, 0) is 10.0 Å². The number of nitrogens with one attached hydrogen (secondary N) is 2. The van der Waals surface area contributed by atoms with Gasteiger partial charge in [0.1, 0.15) is 6.07 Å². The van der Waals surface area contributed by atoms with E-state index >= 15 is 0 Å². The van der Waals surface area contributed by atoms with E-state index in [1.807, 2.05) is 6.07 Å². The fourth-order valence-corrected chi connectivity index (χ4v) is 2.63. The number of aromatic amines is 1. The minimum atomic E-state index is -3.76. The highest BCUT2D eigenvalue weighted by Crippen LogP contribution is 2.23. The highest BCUT2D eigenvalue weighted by Gasteiger charge is 2.17. The molecule has 1 aromatic heterocycles. The third kappa shape index (κ3) is 2.52. The second-order valence-corrected chi connectivity index (χ2v) is 5.89. The lowest BCUT2D eigenvalue weighted by Gasteiger charge is -2.08. The van der Waals surface area contributed by atoms with Gasteiger partial charge in [0.05, 0.1) is 17.4 Å². The number of nitrogens with zero attached hydrogens (tertiary/aromatic N) is 2. The quantitative estimate of drug-likeness (QED) is 0.898. The van der Waals surface area contributed by atoms with Gasteiger partial charge in [-0.25, -0.2) is 0 Å². The highest BCUT2D eigenvalue weighted by molar-refractivity contribution is 9.10. The number of H-pyrrole nitrogens is 1. The third-order valence-corrected chi connectivity index (χ3v) is 3.90. The average molecular weight is 327 g/mol. The summed E-state index contributed by atoms with van der Waals surface area (Å²) in [6.45, 7) is 0. The van der Waals surface area contributed by atoms with Crippen LogP contribution < -0.4 is 4.72 Å². The molecule has 0 spiro atoms. The van der Waals surface area contributed by atoms with Crippen LogP contribution in [-0.4, -0.2) is 18.6 Å². The van der Waals surface area contributed by atoms with Gasteiger partial charge in [0.2, 0.25) is 0 Å². The Morgan fingerprint density at radius 2 is 2.17 bits per heavy atom. The minimum Gasteiger partial charge on any atom is -0.277 e. The molecule has 0 radical (unpaired) electrons. The molecule has 1 heterocycles. The van der Waals surface area contributed by atoms with Crippen molar-refractivity contribution in [2.24, 2.45) is 0 Å². The van der Waals surface area contributed by atoms with Gasteiger partial charge in [0.25, 0.3) is 10.0 Å². The third-order valence-electron chi connectivity index (χ3n) is 2.11. The monoisotopic (exact) mass is 326 g/mol. The van der Waals surface area contributed by atoms with Gasteiger partial charge in [-0.15, -0.1) is 0 Å². The maximum atomic E-state index is 11.9. The maximum Gasteiger partial charge on any atom is 0.278 e. The van der Waals surface area contributed by atoms with Gasteiger partial charge in [-0.05, 0) is 24.3 Å². The maximum absolute atomic E-state index is 11.9. The zero-order chi connectivity index (χ0) is 13.2. The highest BCUT2D eigenvalue weighted by atomic mass is 79.9. The Morgan fingerprint density at radius 1 is 1.39 bits per heavy atom. The van der Waals surface area contributed by atoms with Crippen LogP contribution in [0.25, 0.3) is 0 Å². The summed E-state index contributed by atoms with van der Waals surface area (Å²) in [4.78, 5) is 0. The van der Waals surface area contributed by atoms with Crippen LogP contribution in [0.5, 0.6) is 0 Å². The van der Waals surface area contributed by atoms with E-state index in [0.717, 1.165) is 0 Å². The number of rotatable bonds is 3. The number of sulfonamides is 1. The van der Waals surface area contributed by atoms with Crippen LogP contribution in [0.1, 0.15) is 5.56 Å². The van der Waals surface area contributed by atoms with Crippen molar-refractivity contribution in [2.75, 3.05) is 4.72 Å². The molecule has 0 unspecified atom stereocenters. The summed E-state index contributed by atoms with van der Waals surface area (Å²) in [5.41, 5.74) is 0.447. The number of hydrogen-bond acceptors (Lipinski definition) is 4. The molecule has 0 atom stereocenters. The molecular formula is C10H7BrN4O2S. The lowest BCUT2D eigenvalue weighted by atomic mass is 10.2. The van der Waals surface area contributed by atoms with E-state index in [4.69, 9.17) is 5.26 Å². The van der Waals surface area contributed by atoms with E-state index in [9.17, 15) is 8.42 Å². The first-order valence-corrected chi connectivity index (χ1v) is 7.02. The van der Waals surface area contributed by atoms with Crippen molar-refractivity contribution in [1.29, 1.82) is 5.26 Å². The summed E-state index contributed by atoms with van der Waals surface area (Å²) in [5, 5.41) is 14.8. The van der Waals surface area contributed by atoms with Crippen LogP contribution in [0.2, 0.25) is 0 Å². The average Bonchev–Trinajstić information content (AvgIpc) is 2.83. The smallest absolute Gasteiger partial charge is 0.277 e. The first kappa shape index (κ1) is 12.6. The van der Waals surface area contributed by atoms with Gasteiger partial charge in [-0.2, -0.15) is 18.8 Å². The molecule has 0 saturated heterocycles. The zero-order valence-electron chi connectivity index (χ0n) is 8.88. The summed E-state index contributed by atoms with van der Waals surface area (Å²) in [6, 6.07) is 7.95. The second-order valence-electron chi connectivity index (χ2n) is 3.33. The number of anilines is 1. The normalized spacial score (nSPS) is 10.9. The molecule has 1 aromatic carbocycles. The molecular weight excluding hydrogens is 320 g/mol.